The van der Waals surface area contributed by atoms with Crippen molar-refractivity contribution >= 4 is 50.6 Å². The van der Waals surface area contributed by atoms with Crippen molar-refractivity contribution in [3.05, 3.63) is 57.2 Å². The number of phenols is 1. The highest BCUT2D eigenvalue weighted by molar-refractivity contribution is 7.46. The number of benzene rings is 2. The Labute approximate surface area is 221 Å². The van der Waals surface area contributed by atoms with Crippen LogP contribution in [0.5, 0.6) is 11.5 Å². The summed E-state index contributed by atoms with van der Waals surface area (Å²) in [5, 5.41) is 10.5. The van der Waals surface area contributed by atoms with Crippen LogP contribution >= 0.6 is 39.7 Å². The van der Waals surface area contributed by atoms with Gasteiger partial charge in [-0.2, -0.15) is 0 Å². The molecule has 6 N–H and O–H groups in total. The molecule has 1 aromatic heterocycles. The second kappa shape index (κ2) is 11.0. The van der Waals surface area contributed by atoms with Gasteiger partial charge in [0.1, 0.15) is 40.9 Å². The van der Waals surface area contributed by atoms with E-state index in [9.17, 15) is 38.6 Å². The Morgan fingerprint density at radius 3 is 2.41 bits per heavy atom. The number of phosphoric acid groups is 2. The number of nitrogens with one attached hydrogen (secondary N) is 1. The molecular weight excluding hydrogens is 575 g/mol. The van der Waals surface area contributed by atoms with Crippen molar-refractivity contribution in [2.45, 2.75) is 18.4 Å². The number of phosphoric ester groups is 2. The first kappa shape index (κ1) is 29.6. The molecule has 3 aromatic rings. The van der Waals surface area contributed by atoms with Gasteiger partial charge in [0.2, 0.25) is 0 Å². The lowest BCUT2D eigenvalue weighted by atomic mass is 9.85. The van der Waals surface area contributed by atoms with E-state index in [4.69, 9.17) is 25.1 Å². The first-order valence-electron chi connectivity index (χ1n) is 10.6. The zero-order chi connectivity index (χ0) is 26.4. The third-order valence-corrected chi connectivity index (χ3v) is 7.17. The summed E-state index contributed by atoms with van der Waals surface area (Å²) >= 11 is 6.26. The van der Waals surface area contributed by atoms with Gasteiger partial charge in [0.25, 0.3) is 0 Å². The lowest BCUT2D eigenvalue weighted by Gasteiger charge is -2.35. The minimum Gasteiger partial charge on any atom is -0.507 e. The van der Waals surface area contributed by atoms with E-state index in [2.05, 4.69) is 0 Å². The average molecular weight is 599 g/mol. The van der Waals surface area contributed by atoms with Crippen molar-refractivity contribution < 1.29 is 52.2 Å². The van der Waals surface area contributed by atoms with Crippen LogP contribution in [0.15, 0.2) is 45.6 Å². The van der Waals surface area contributed by atoms with Crippen LogP contribution in [0.4, 0.5) is 0 Å². The highest BCUT2D eigenvalue weighted by Gasteiger charge is 2.41. The molecule has 0 spiro atoms. The molecule has 16 heteroatoms. The van der Waals surface area contributed by atoms with Gasteiger partial charge in [-0.25, -0.2) is 9.13 Å². The van der Waals surface area contributed by atoms with Gasteiger partial charge in [-0.05, 0) is 12.1 Å². The fourth-order valence-electron chi connectivity index (χ4n) is 4.45. The van der Waals surface area contributed by atoms with Crippen LogP contribution in [0.1, 0.15) is 17.9 Å². The Balaban J connectivity index is 0.00000380. The van der Waals surface area contributed by atoms with E-state index < -0.39 is 44.6 Å². The van der Waals surface area contributed by atoms with Crippen molar-refractivity contribution in [3.63, 3.8) is 0 Å². The van der Waals surface area contributed by atoms with Crippen molar-refractivity contribution in [3.8, 4) is 22.8 Å². The molecule has 0 bridgehead atoms. The van der Waals surface area contributed by atoms with Gasteiger partial charge in [0, 0.05) is 35.6 Å². The standard InChI is InChI=1S/C21H22ClNO11P2.ClH/c1-23-7-6-12(18(10-23)34-36(29,30)31)19-17(33-35(26,27)28)9-15(25)20-14(24)8-16(32-21(19)20)11-4-2-3-5-13(11)22;/h2-5,8-9,12,18,25H,6-7,10H2,1H3,(H2,26,27,28)(H2,29,30,31);1H/p+1/t12-,18+;/m0./s1. The number of quaternary nitrogens is 1. The number of likely N-dealkylation sites (N-methyl/N-ethyl adjacent to an activating group) is 1. The van der Waals surface area contributed by atoms with Gasteiger partial charge >= 0.3 is 15.6 Å². The first-order chi connectivity index (χ1) is 16.7. The fraction of sp³-hybridized carbons (Fsp3) is 0.286. The van der Waals surface area contributed by atoms with Crippen molar-refractivity contribution in [2.75, 3.05) is 20.1 Å². The van der Waals surface area contributed by atoms with Crippen LogP contribution in [-0.4, -0.2) is 50.9 Å². The van der Waals surface area contributed by atoms with Crippen molar-refractivity contribution in [1.29, 1.82) is 0 Å². The van der Waals surface area contributed by atoms with Gasteiger partial charge in [-0.1, -0.05) is 23.7 Å². The minimum atomic E-state index is -5.18. The predicted octanol–water partition coefficient (Wildman–Crippen LogP) is 2.19. The molecule has 0 saturated carbocycles. The van der Waals surface area contributed by atoms with Gasteiger partial charge in [-0.15, -0.1) is 12.4 Å². The molecule has 1 saturated heterocycles. The van der Waals surface area contributed by atoms with E-state index in [1.165, 1.54) is 0 Å². The Kier molecular flexibility index (Phi) is 8.83. The summed E-state index contributed by atoms with van der Waals surface area (Å²) in [6, 6.07) is 8.44. The topological polar surface area (TPSA) is 188 Å². The summed E-state index contributed by atoms with van der Waals surface area (Å²) in [6.45, 7) is 0.597. The average Bonchev–Trinajstić information content (AvgIpc) is 2.72. The van der Waals surface area contributed by atoms with E-state index >= 15 is 0 Å². The second-order valence-electron chi connectivity index (χ2n) is 8.49. The largest absolute Gasteiger partial charge is 0.524 e. The molecule has 4 rings (SSSR count). The summed E-state index contributed by atoms with van der Waals surface area (Å²) < 4.78 is 39.4. The van der Waals surface area contributed by atoms with Gasteiger partial charge in [0.15, 0.2) is 5.43 Å². The molecule has 0 amide bonds. The number of hydrogen-bond acceptors (Lipinski definition) is 7. The van der Waals surface area contributed by atoms with Crippen molar-refractivity contribution in [2.24, 2.45) is 0 Å². The van der Waals surface area contributed by atoms with Crippen LogP contribution in [0.2, 0.25) is 5.02 Å². The smallest absolute Gasteiger partial charge is 0.507 e. The van der Waals surface area contributed by atoms with E-state index in [1.54, 1.807) is 31.3 Å². The zero-order valence-electron chi connectivity index (χ0n) is 19.1. The molecule has 1 fully saturated rings. The number of halogens is 2. The monoisotopic (exact) mass is 598 g/mol. The van der Waals surface area contributed by atoms with E-state index in [-0.39, 0.29) is 52.7 Å². The minimum absolute atomic E-state index is 0. The first-order valence-corrected chi connectivity index (χ1v) is 14.1. The highest BCUT2D eigenvalue weighted by Crippen LogP contribution is 2.50. The van der Waals surface area contributed by atoms with Crippen LogP contribution in [-0.2, 0) is 13.7 Å². The molecule has 12 nitrogen and oxygen atoms in total. The molecule has 1 aliphatic rings. The third-order valence-electron chi connectivity index (χ3n) is 5.86. The van der Waals surface area contributed by atoms with Crippen LogP contribution in [0.3, 0.4) is 0 Å². The fourth-order valence-corrected chi connectivity index (χ4v) is 5.66. The summed E-state index contributed by atoms with van der Waals surface area (Å²) in [7, 11) is -8.38. The maximum atomic E-state index is 13.1. The maximum absolute atomic E-state index is 13.1. The third kappa shape index (κ3) is 6.74. The molecule has 1 aliphatic heterocycles. The summed E-state index contributed by atoms with van der Waals surface area (Å²) in [5.74, 6) is -2.12. The number of phenolic OH excluding ortho intramolecular Hbond substituents is 1. The van der Waals surface area contributed by atoms with Gasteiger partial charge in [-0.3, -0.25) is 19.1 Å². The van der Waals surface area contributed by atoms with Crippen LogP contribution < -0.4 is 14.9 Å². The molecule has 2 aromatic carbocycles. The number of rotatable bonds is 6. The Morgan fingerprint density at radius 2 is 1.78 bits per heavy atom. The normalized spacial score (nSPS) is 20.4. The lowest BCUT2D eigenvalue weighted by molar-refractivity contribution is -0.888. The van der Waals surface area contributed by atoms with Crippen LogP contribution in [0, 0.1) is 0 Å². The molecular formula is C21H24Cl2NO11P2+. The van der Waals surface area contributed by atoms with E-state index in [1.807, 2.05) is 0 Å². The molecule has 37 heavy (non-hydrogen) atoms. The molecule has 2 heterocycles. The SMILES string of the molecule is C[NH+]1CC[C@H](c2c(OP(=O)(O)O)cc(O)c3c(=O)cc(-c4ccccc4Cl)oc23)[C@H](OP(=O)(O)O)C1.Cl. The number of hydrogen-bond donors (Lipinski definition) is 6. The summed E-state index contributed by atoms with van der Waals surface area (Å²) in [4.78, 5) is 52.0. The Morgan fingerprint density at radius 1 is 1.11 bits per heavy atom. The number of aromatic hydroxyl groups is 1. The Bertz CT molecular complexity index is 1470. The van der Waals surface area contributed by atoms with Crippen molar-refractivity contribution in [1.82, 2.24) is 0 Å². The predicted molar refractivity (Wildman–Crippen MR) is 135 cm³/mol. The molecule has 3 atom stereocenters. The van der Waals surface area contributed by atoms with Gasteiger partial charge < -0.3 is 28.7 Å². The van der Waals surface area contributed by atoms with Gasteiger partial charge in [0.05, 0.1) is 18.6 Å². The summed E-state index contributed by atoms with van der Waals surface area (Å²) in [6.07, 6.45) is -0.936. The highest BCUT2D eigenvalue weighted by atomic mass is 35.5. The number of piperidine rings is 1. The van der Waals surface area contributed by atoms with E-state index in [0.29, 0.717) is 12.1 Å². The second-order valence-corrected chi connectivity index (χ2v) is 11.3. The molecule has 0 radical (unpaired) electrons. The quantitative estimate of drug-likeness (QED) is 0.228. The zero-order valence-corrected chi connectivity index (χ0v) is 22.5. The Hall–Kier alpha value is -1.95. The molecule has 202 valence electrons. The summed E-state index contributed by atoms with van der Waals surface area (Å²) in [5.41, 5.74) is -0.702. The van der Waals surface area contributed by atoms with Crippen LogP contribution in [0.25, 0.3) is 22.3 Å². The number of likely N-dealkylation sites (tertiary alicyclic amines) is 1. The number of fused-ring (bicyclic) bond motifs is 1. The lowest BCUT2D eigenvalue weighted by Crippen LogP contribution is -3.11. The molecule has 0 aliphatic carbocycles. The maximum Gasteiger partial charge on any atom is 0.524 e. The molecule has 1 unspecified atom stereocenters. The van der Waals surface area contributed by atoms with E-state index in [0.717, 1.165) is 17.0 Å².